The van der Waals surface area contributed by atoms with Gasteiger partial charge in [-0.1, -0.05) is 12.1 Å². The molecule has 2 aliphatic rings. The molecule has 4 heteroatoms. The van der Waals surface area contributed by atoms with Gasteiger partial charge in [-0.2, -0.15) is 0 Å². The Labute approximate surface area is 134 Å². The van der Waals surface area contributed by atoms with E-state index in [-0.39, 0.29) is 35.2 Å². The fraction of sp³-hybridized carbons (Fsp3) is 0.316. The van der Waals surface area contributed by atoms with E-state index in [4.69, 9.17) is 4.74 Å². The molecule has 1 fully saturated rings. The highest BCUT2D eigenvalue weighted by molar-refractivity contribution is 5.80. The lowest BCUT2D eigenvalue weighted by Crippen LogP contribution is -2.34. The summed E-state index contributed by atoms with van der Waals surface area (Å²) in [7, 11) is 0. The van der Waals surface area contributed by atoms with Crippen LogP contribution in [0.3, 0.4) is 0 Å². The Morgan fingerprint density at radius 3 is 2.52 bits per heavy atom. The molecule has 3 unspecified atom stereocenters. The summed E-state index contributed by atoms with van der Waals surface area (Å²) in [6.45, 7) is 0. The number of fused-ring (bicyclic) bond motifs is 3. The van der Waals surface area contributed by atoms with Crippen molar-refractivity contribution >= 4 is 5.78 Å². The Hall–Kier alpha value is -2.49. The van der Waals surface area contributed by atoms with Gasteiger partial charge in [0.25, 0.3) is 0 Å². The molecule has 1 saturated carbocycles. The van der Waals surface area contributed by atoms with Crippen LogP contribution in [-0.4, -0.2) is 16.0 Å². The van der Waals surface area contributed by atoms with Crippen molar-refractivity contribution in [1.29, 1.82) is 0 Å². The first-order valence-corrected chi connectivity index (χ1v) is 7.92. The van der Waals surface area contributed by atoms with Gasteiger partial charge in [0.05, 0.1) is 0 Å². The Bertz CT molecular complexity index is 750. The first-order chi connectivity index (χ1) is 11.1. The Kier molecular flexibility index (Phi) is 3.26. The second-order valence-electron chi connectivity index (χ2n) is 6.40. The molecule has 0 spiro atoms. The molecule has 23 heavy (non-hydrogen) atoms. The SMILES string of the molecule is O=C1CCC2c3cc(O)ccc3OC(c3ccc(O)cc3)C2C1. The number of ether oxygens (including phenoxy) is 1. The van der Waals surface area contributed by atoms with Gasteiger partial charge in [-0.05, 0) is 48.2 Å². The molecule has 2 aromatic carbocycles. The number of phenols is 2. The number of hydrogen-bond acceptors (Lipinski definition) is 4. The van der Waals surface area contributed by atoms with Crippen LogP contribution in [0, 0.1) is 5.92 Å². The van der Waals surface area contributed by atoms with E-state index in [2.05, 4.69) is 0 Å². The van der Waals surface area contributed by atoms with Gasteiger partial charge in [0.1, 0.15) is 29.1 Å². The van der Waals surface area contributed by atoms with Gasteiger partial charge in [0.2, 0.25) is 0 Å². The monoisotopic (exact) mass is 310 g/mol. The topological polar surface area (TPSA) is 66.8 Å². The lowest BCUT2D eigenvalue weighted by Gasteiger charge is -2.42. The fourth-order valence-electron chi connectivity index (χ4n) is 3.88. The van der Waals surface area contributed by atoms with Crippen LogP contribution in [0.15, 0.2) is 42.5 Å². The van der Waals surface area contributed by atoms with E-state index in [1.807, 2.05) is 12.1 Å². The summed E-state index contributed by atoms with van der Waals surface area (Å²) in [5.41, 5.74) is 1.96. The Balaban J connectivity index is 1.79. The molecular weight excluding hydrogens is 292 g/mol. The van der Waals surface area contributed by atoms with Crippen LogP contribution in [0.5, 0.6) is 17.2 Å². The third kappa shape index (κ3) is 2.44. The average Bonchev–Trinajstić information content (AvgIpc) is 2.55. The maximum Gasteiger partial charge on any atom is 0.133 e. The zero-order chi connectivity index (χ0) is 16.0. The van der Waals surface area contributed by atoms with Crippen LogP contribution in [0.4, 0.5) is 0 Å². The molecule has 2 N–H and O–H groups in total. The van der Waals surface area contributed by atoms with Gasteiger partial charge in [-0.3, -0.25) is 4.79 Å². The van der Waals surface area contributed by atoms with E-state index < -0.39 is 0 Å². The number of benzene rings is 2. The summed E-state index contributed by atoms with van der Waals surface area (Å²) in [6, 6.07) is 12.2. The molecule has 4 rings (SSSR count). The molecule has 0 aromatic heterocycles. The van der Waals surface area contributed by atoms with Crippen LogP contribution in [0.1, 0.15) is 42.4 Å². The zero-order valence-corrected chi connectivity index (χ0v) is 12.6. The van der Waals surface area contributed by atoms with E-state index in [1.165, 1.54) is 0 Å². The zero-order valence-electron chi connectivity index (χ0n) is 12.6. The number of rotatable bonds is 1. The highest BCUT2D eigenvalue weighted by Crippen LogP contribution is 2.52. The van der Waals surface area contributed by atoms with Crippen molar-refractivity contribution in [3.8, 4) is 17.2 Å². The molecule has 118 valence electrons. The lowest BCUT2D eigenvalue weighted by atomic mass is 9.69. The quantitative estimate of drug-likeness (QED) is 0.843. The molecule has 1 heterocycles. The van der Waals surface area contributed by atoms with Crippen LogP contribution < -0.4 is 4.74 Å². The number of ketones is 1. The summed E-state index contributed by atoms with van der Waals surface area (Å²) in [4.78, 5) is 12.0. The molecule has 1 aliphatic heterocycles. The summed E-state index contributed by atoms with van der Waals surface area (Å²) in [5.74, 6) is 1.76. The number of aromatic hydroxyl groups is 2. The Morgan fingerprint density at radius 1 is 1.00 bits per heavy atom. The van der Waals surface area contributed by atoms with Gasteiger partial charge in [-0.15, -0.1) is 0 Å². The van der Waals surface area contributed by atoms with E-state index in [0.29, 0.717) is 12.8 Å². The van der Waals surface area contributed by atoms with Crippen molar-refractivity contribution in [2.45, 2.75) is 31.3 Å². The normalized spacial score (nSPS) is 26.1. The van der Waals surface area contributed by atoms with Crippen LogP contribution in [0.25, 0.3) is 0 Å². The third-order valence-electron chi connectivity index (χ3n) is 4.97. The minimum Gasteiger partial charge on any atom is -0.508 e. The molecule has 0 amide bonds. The number of hydrogen-bond donors (Lipinski definition) is 2. The first kappa shape index (κ1) is 14.1. The highest BCUT2D eigenvalue weighted by Gasteiger charge is 2.42. The standard InChI is InChI=1S/C19H18O4/c20-12-3-1-11(2-4-12)19-17-10-13(21)5-7-15(17)16-9-14(22)6-8-18(16)23-19/h1-4,6,8-9,15,17,19-20,22H,5,7,10H2. The van der Waals surface area contributed by atoms with Crippen molar-refractivity contribution in [3.63, 3.8) is 0 Å². The van der Waals surface area contributed by atoms with E-state index in [0.717, 1.165) is 23.3 Å². The van der Waals surface area contributed by atoms with Gasteiger partial charge < -0.3 is 14.9 Å². The summed E-state index contributed by atoms with van der Waals surface area (Å²) in [5, 5.41) is 19.3. The van der Waals surface area contributed by atoms with Crippen LogP contribution >= 0.6 is 0 Å². The van der Waals surface area contributed by atoms with Crippen LogP contribution in [0.2, 0.25) is 0 Å². The number of phenolic OH excluding ortho intramolecular Hbond substituents is 2. The molecular formula is C19H18O4. The van der Waals surface area contributed by atoms with Gasteiger partial charge >= 0.3 is 0 Å². The molecule has 3 atom stereocenters. The van der Waals surface area contributed by atoms with Crippen molar-refractivity contribution in [2.75, 3.05) is 0 Å². The minimum atomic E-state index is -0.207. The Morgan fingerprint density at radius 2 is 1.74 bits per heavy atom. The van der Waals surface area contributed by atoms with Crippen LogP contribution in [-0.2, 0) is 4.79 Å². The first-order valence-electron chi connectivity index (χ1n) is 7.92. The highest BCUT2D eigenvalue weighted by atomic mass is 16.5. The second-order valence-corrected chi connectivity index (χ2v) is 6.40. The van der Waals surface area contributed by atoms with Gasteiger partial charge in [-0.25, -0.2) is 0 Å². The largest absolute Gasteiger partial charge is 0.508 e. The van der Waals surface area contributed by atoms with E-state index in [9.17, 15) is 15.0 Å². The predicted molar refractivity (Wildman–Crippen MR) is 84.7 cm³/mol. The summed E-state index contributed by atoms with van der Waals surface area (Å²) < 4.78 is 6.19. The van der Waals surface area contributed by atoms with Gasteiger partial charge in [0.15, 0.2) is 0 Å². The maximum absolute atomic E-state index is 12.0. The van der Waals surface area contributed by atoms with E-state index >= 15 is 0 Å². The van der Waals surface area contributed by atoms with Crippen molar-refractivity contribution in [3.05, 3.63) is 53.6 Å². The number of carbonyl (C=O) groups excluding carboxylic acids is 1. The van der Waals surface area contributed by atoms with Crippen molar-refractivity contribution in [1.82, 2.24) is 0 Å². The fourth-order valence-corrected chi connectivity index (χ4v) is 3.88. The number of carbonyl (C=O) groups is 1. The predicted octanol–water partition coefficient (Wildman–Crippen LogP) is 3.68. The average molecular weight is 310 g/mol. The summed E-state index contributed by atoms with van der Waals surface area (Å²) >= 11 is 0. The molecule has 0 saturated heterocycles. The third-order valence-corrected chi connectivity index (χ3v) is 4.97. The molecule has 4 nitrogen and oxygen atoms in total. The van der Waals surface area contributed by atoms with E-state index in [1.54, 1.807) is 30.3 Å². The molecule has 0 radical (unpaired) electrons. The maximum atomic E-state index is 12.0. The minimum absolute atomic E-state index is 0.0649. The molecule has 1 aliphatic carbocycles. The van der Waals surface area contributed by atoms with Crippen molar-refractivity contribution in [2.24, 2.45) is 5.92 Å². The second kappa shape index (κ2) is 5.30. The van der Waals surface area contributed by atoms with Gasteiger partial charge in [0, 0.05) is 24.3 Å². The number of Topliss-reactive ketones (excluding diaryl/α,β-unsaturated/α-hetero) is 1. The lowest BCUT2D eigenvalue weighted by molar-refractivity contribution is -0.123. The summed E-state index contributed by atoms with van der Waals surface area (Å²) in [6.07, 6.45) is 1.66. The smallest absolute Gasteiger partial charge is 0.133 e. The molecule has 2 aromatic rings. The van der Waals surface area contributed by atoms with Crippen molar-refractivity contribution < 1.29 is 19.7 Å². The molecule has 0 bridgehead atoms.